The Morgan fingerprint density at radius 3 is 2.45 bits per heavy atom. The SMILES string of the molecule is COc1c(C)c2c(c(OCC[Si](C)(C)C)c1C/C=C(\C)CP(C)(C)=O)C(=O)OC2. The number of fused-ring (bicyclic) bond motifs is 1. The van der Waals surface area contributed by atoms with Gasteiger partial charge in [-0.2, -0.15) is 0 Å². The summed E-state index contributed by atoms with van der Waals surface area (Å²) < 4.78 is 29.4. The summed E-state index contributed by atoms with van der Waals surface area (Å²) in [5, 5.41) is 0. The van der Waals surface area contributed by atoms with Gasteiger partial charge in [0.05, 0.1) is 20.9 Å². The fourth-order valence-electron chi connectivity index (χ4n) is 3.57. The molecular weight excluding hydrogens is 403 g/mol. The molecule has 2 rings (SSSR count). The second-order valence-electron chi connectivity index (χ2n) is 9.54. The van der Waals surface area contributed by atoms with Crippen molar-refractivity contribution in [3.8, 4) is 11.5 Å². The van der Waals surface area contributed by atoms with Gasteiger partial charge < -0.3 is 18.8 Å². The average Bonchev–Trinajstić information content (AvgIpc) is 2.94. The third-order valence-electron chi connectivity index (χ3n) is 5.01. The lowest BCUT2D eigenvalue weighted by atomic mass is 9.95. The van der Waals surface area contributed by atoms with Crippen LogP contribution in [0.5, 0.6) is 11.5 Å². The third kappa shape index (κ3) is 6.23. The Balaban J connectivity index is 2.50. The molecule has 0 aromatic heterocycles. The number of rotatable bonds is 9. The number of cyclic esters (lactones) is 1. The van der Waals surface area contributed by atoms with Gasteiger partial charge in [0.15, 0.2) is 0 Å². The van der Waals surface area contributed by atoms with Gasteiger partial charge in [-0.25, -0.2) is 4.79 Å². The van der Waals surface area contributed by atoms with Crippen molar-refractivity contribution in [1.29, 1.82) is 0 Å². The van der Waals surface area contributed by atoms with E-state index in [1.807, 2.05) is 13.8 Å². The fraction of sp³-hybridized carbons (Fsp3) is 0.591. The van der Waals surface area contributed by atoms with E-state index in [1.165, 1.54) is 0 Å². The number of benzene rings is 1. The van der Waals surface area contributed by atoms with Crippen LogP contribution in [0.3, 0.4) is 0 Å². The molecule has 0 amide bonds. The number of hydrogen-bond acceptors (Lipinski definition) is 5. The van der Waals surface area contributed by atoms with Gasteiger partial charge in [0.25, 0.3) is 0 Å². The summed E-state index contributed by atoms with van der Waals surface area (Å²) in [6, 6.07) is 0.996. The molecule has 0 spiro atoms. The fourth-order valence-corrected chi connectivity index (χ4v) is 5.61. The van der Waals surface area contributed by atoms with Crippen molar-refractivity contribution in [2.45, 2.75) is 52.6 Å². The number of carbonyl (C=O) groups excluding carboxylic acids is 1. The van der Waals surface area contributed by atoms with E-state index >= 15 is 0 Å². The molecule has 0 saturated heterocycles. The molecule has 162 valence electrons. The van der Waals surface area contributed by atoms with Crippen molar-refractivity contribution in [1.82, 2.24) is 0 Å². The highest BCUT2D eigenvalue weighted by Gasteiger charge is 2.33. The second kappa shape index (κ2) is 9.09. The Bertz CT molecular complexity index is 861. The normalized spacial score (nSPS) is 14.6. The molecule has 0 saturated carbocycles. The van der Waals surface area contributed by atoms with Crippen LogP contribution in [-0.4, -0.2) is 47.3 Å². The Morgan fingerprint density at radius 1 is 1.24 bits per heavy atom. The monoisotopic (exact) mass is 438 g/mol. The van der Waals surface area contributed by atoms with Gasteiger partial charge in [-0.3, -0.25) is 0 Å². The van der Waals surface area contributed by atoms with Crippen LogP contribution in [0.15, 0.2) is 11.6 Å². The Kier molecular flexibility index (Phi) is 7.45. The lowest BCUT2D eigenvalue weighted by molar-refractivity contribution is 0.0532. The van der Waals surface area contributed by atoms with Crippen molar-refractivity contribution in [2.75, 3.05) is 33.2 Å². The van der Waals surface area contributed by atoms with Crippen molar-refractivity contribution in [2.24, 2.45) is 0 Å². The van der Waals surface area contributed by atoms with Gasteiger partial charge in [0.2, 0.25) is 0 Å². The molecule has 1 aromatic rings. The van der Waals surface area contributed by atoms with E-state index in [0.29, 0.717) is 30.5 Å². The maximum Gasteiger partial charge on any atom is 0.342 e. The molecule has 0 N–H and O–H groups in total. The van der Waals surface area contributed by atoms with E-state index in [2.05, 4.69) is 25.7 Å². The highest BCUT2D eigenvalue weighted by Crippen LogP contribution is 2.43. The first-order valence-electron chi connectivity index (χ1n) is 10.1. The summed E-state index contributed by atoms with van der Waals surface area (Å²) in [6.07, 6.45) is 3.20. The molecule has 29 heavy (non-hydrogen) atoms. The largest absolute Gasteiger partial charge is 0.496 e. The van der Waals surface area contributed by atoms with Gasteiger partial charge in [-0.15, -0.1) is 0 Å². The zero-order valence-electron chi connectivity index (χ0n) is 19.1. The molecule has 1 aromatic carbocycles. The summed E-state index contributed by atoms with van der Waals surface area (Å²) >= 11 is 0. The zero-order valence-corrected chi connectivity index (χ0v) is 21.0. The lowest BCUT2D eigenvalue weighted by Gasteiger charge is -2.21. The molecule has 0 aliphatic carbocycles. The Morgan fingerprint density at radius 2 is 1.90 bits per heavy atom. The van der Waals surface area contributed by atoms with Crippen LogP contribution in [0.2, 0.25) is 25.7 Å². The minimum Gasteiger partial charge on any atom is -0.496 e. The first-order chi connectivity index (χ1) is 13.3. The van der Waals surface area contributed by atoms with E-state index in [1.54, 1.807) is 20.4 Å². The maximum absolute atomic E-state index is 12.5. The molecule has 0 atom stereocenters. The van der Waals surface area contributed by atoms with Gasteiger partial charge in [-0.05, 0) is 45.2 Å². The molecule has 1 heterocycles. The molecular formula is C22H35O5PSi. The summed E-state index contributed by atoms with van der Waals surface area (Å²) in [7, 11) is -1.78. The quantitative estimate of drug-likeness (QED) is 0.220. The van der Waals surface area contributed by atoms with Gasteiger partial charge in [-0.1, -0.05) is 31.3 Å². The highest BCUT2D eigenvalue weighted by molar-refractivity contribution is 7.62. The summed E-state index contributed by atoms with van der Waals surface area (Å²) in [6.45, 7) is 15.3. The highest BCUT2D eigenvalue weighted by atomic mass is 31.2. The molecule has 0 fully saturated rings. The minimum atomic E-state index is -2.14. The Hall–Kier alpha value is -1.52. The van der Waals surface area contributed by atoms with Crippen LogP contribution in [0.4, 0.5) is 0 Å². The van der Waals surface area contributed by atoms with Crippen LogP contribution in [0.1, 0.15) is 34.0 Å². The van der Waals surface area contributed by atoms with E-state index < -0.39 is 15.2 Å². The summed E-state index contributed by atoms with van der Waals surface area (Å²) in [5.41, 5.74) is 4.24. The van der Waals surface area contributed by atoms with Gasteiger partial charge in [0, 0.05) is 25.4 Å². The molecule has 0 unspecified atom stereocenters. The molecule has 0 bridgehead atoms. The lowest BCUT2D eigenvalue weighted by Crippen LogP contribution is -2.23. The van der Waals surface area contributed by atoms with Gasteiger partial charge in [0.1, 0.15) is 23.7 Å². The van der Waals surface area contributed by atoms with Crippen molar-refractivity contribution in [3.05, 3.63) is 33.9 Å². The van der Waals surface area contributed by atoms with Crippen LogP contribution in [-0.2, 0) is 22.3 Å². The summed E-state index contributed by atoms with van der Waals surface area (Å²) in [4.78, 5) is 12.5. The third-order valence-corrected chi connectivity index (χ3v) is 7.97. The van der Waals surface area contributed by atoms with Crippen LogP contribution >= 0.6 is 7.14 Å². The standard InChI is InChI=1S/C22H35O5PSi/c1-15(14-28(4,5)24)9-10-17-20(25-3)16(2)18-13-27-22(23)19(18)21(17)26-11-12-29(6,7)8/h9H,10-14H2,1-8H3/b15-9+. The Labute approximate surface area is 176 Å². The van der Waals surface area contributed by atoms with Crippen LogP contribution < -0.4 is 9.47 Å². The van der Waals surface area contributed by atoms with Gasteiger partial charge >= 0.3 is 5.97 Å². The second-order valence-corrected chi connectivity index (χ2v) is 18.6. The first kappa shape index (κ1) is 23.8. The smallest absolute Gasteiger partial charge is 0.342 e. The molecule has 5 nitrogen and oxygen atoms in total. The predicted octanol–water partition coefficient (Wildman–Crippen LogP) is 5.50. The van der Waals surface area contributed by atoms with E-state index in [9.17, 15) is 9.36 Å². The van der Waals surface area contributed by atoms with Crippen molar-refractivity contribution in [3.63, 3.8) is 0 Å². The molecule has 1 aliphatic rings. The molecule has 7 heteroatoms. The van der Waals surface area contributed by atoms with Crippen molar-refractivity contribution < 1.29 is 23.6 Å². The van der Waals surface area contributed by atoms with E-state index in [-0.39, 0.29) is 12.6 Å². The van der Waals surface area contributed by atoms with E-state index in [0.717, 1.165) is 34.1 Å². The number of esters is 1. The number of ether oxygens (including phenoxy) is 3. The number of allylic oxidation sites excluding steroid dienone is 2. The van der Waals surface area contributed by atoms with Crippen LogP contribution in [0.25, 0.3) is 0 Å². The number of hydrogen-bond donors (Lipinski definition) is 0. The number of carbonyl (C=O) groups is 1. The molecule has 0 radical (unpaired) electrons. The minimum absolute atomic E-state index is 0.255. The number of methoxy groups -OCH3 is 1. The first-order valence-corrected chi connectivity index (χ1v) is 16.6. The average molecular weight is 439 g/mol. The summed E-state index contributed by atoms with van der Waals surface area (Å²) in [5.74, 6) is 0.996. The predicted molar refractivity (Wildman–Crippen MR) is 122 cm³/mol. The van der Waals surface area contributed by atoms with E-state index in [4.69, 9.17) is 14.2 Å². The zero-order chi connectivity index (χ0) is 22.0. The van der Waals surface area contributed by atoms with Crippen molar-refractivity contribution >= 4 is 21.2 Å². The molecule has 1 aliphatic heterocycles. The maximum atomic E-state index is 12.5. The van der Waals surface area contributed by atoms with Crippen LogP contribution in [0, 0.1) is 6.92 Å². The topological polar surface area (TPSA) is 61.8 Å².